The molecule has 0 bridgehead atoms. The molecule has 1 aromatic carbocycles. The van der Waals surface area contributed by atoms with Crippen LogP contribution >= 0.6 is 0 Å². The molecule has 0 heterocycles. The largest absolute Gasteiger partial charge is 0.497 e. The lowest BCUT2D eigenvalue weighted by atomic mass is 9.94. The third-order valence-corrected chi connectivity index (χ3v) is 2.88. The van der Waals surface area contributed by atoms with E-state index in [4.69, 9.17) is 4.74 Å². The van der Waals surface area contributed by atoms with Crippen molar-refractivity contribution in [2.75, 3.05) is 7.11 Å². The van der Waals surface area contributed by atoms with E-state index in [2.05, 4.69) is 5.32 Å². The topological polar surface area (TPSA) is 75.6 Å². The van der Waals surface area contributed by atoms with Gasteiger partial charge < -0.3 is 15.2 Å². The van der Waals surface area contributed by atoms with Gasteiger partial charge in [-0.15, -0.1) is 0 Å². The van der Waals surface area contributed by atoms with Crippen LogP contribution in [0.3, 0.4) is 0 Å². The van der Waals surface area contributed by atoms with Gasteiger partial charge in [0.15, 0.2) is 0 Å². The fourth-order valence-electron chi connectivity index (χ4n) is 1.57. The number of benzene rings is 1. The van der Waals surface area contributed by atoms with Crippen LogP contribution in [0.5, 0.6) is 5.75 Å². The van der Waals surface area contributed by atoms with E-state index in [1.165, 1.54) is 0 Å². The van der Waals surface area contributed by atoms with Crippen molar-refractivity contribution in [3.05, 3.63) is 29.8 Å². The highest BCUT2D eigenvalue weighted by Crippen LogP contribution is 2.15. The van der Waals surface area contributed by atoms with E-state index >= 15 is 0 Å². The molecule has 1 aromatic rings. The average molecular weight is 279 g/mol. The lowest BCUT2D eigenvalue weighted by Crippen LogP contribution is -2.46. The van der Waals surface area contributed by atoms with Gasteiger partial charge in [-0.1, -0.05) is 32.9 Å². The molecule has 0 unspecified atom stereocenters. The van der Waals surface area contributed by atoms with Crippen molar-refractivity contribution in [1.29, 1.82) is 0 Å². The molecule has 0 saturated carbocycles. The minimum Gasteiger partial charge on any atom is -0.497 e. The second-order valence-electron chi connectivity index (χ2n) is 5.67. The number of carboxylic acid groups (broad SMARTS) is 1. The molecule has 0 aliphatic rings. The SMILES string of the molecule is COc1ccc(C[C@@H](NC(=O)C(C)(C)C)C(=O)O)cc1. The molecular weight excluding hydrogens is 258 g/mol. The van der Waals surface area contributed by atoms with E-state index in [1.54, 1.807) is 52.1 Å². The molecule has 1 atom stereocenters. The van der Waals surface area contributed by atoms with Gasteiger partial charge in [0.2, 0.25) is 5.91 Å². The van der Waals surface area contributed by atoms with Crippen LogP contribution in [-0.4, -0.2) is 30.1 Å². The molecule has 0 spiro atoms. The molecule has 0 aliphatic carbocycles. The molecule has 110 valence electrons. The minimum absolute atomic E-state index is 0.237. The summed E-state index contributed by atoms with van der Waals surface area (Å²) < 4.78 is 5.04. The smallest absolute Gasteiger partial charge is 0.326 e. The van der Waals surface area contributed by atoms with Crippen LogP contribution in [0.15, 0.2) is 24.3 Å². The number of carbonyl (C=O) groups is 2. The lowest BCUT2D eigenvalue weighted by Gasteiger charge is -2.22. The van der Waals surface area contributed by atoms with E-state index < -0.39 is 17.4 Å². The first-order valence-corrected chi connectivity index (χ1v) is 6.40. The Kier molecular flexibility index (Phi) is 5.13. The average Bonchev–Trinajstić information content (AvgIpc) is 2.37. The molecule has 0 aliphatic heterocycles. The number of hydrogen-bond acceptors (Lipinski definition) is 3. The molecule has 1 amide bonds. The first-order valence-electron chi connectivity index (χ1n) is 6.40. The summed E-state index contributed by atoms with van der Waals surface area (Å²) in [7, 11) is 1.57. The molecule has 0 fully saturated rings. The van der Waals surface area contributed by atoms with Gasteiger partial charge in [0.25, 0.3) is 0 Å². The summed E-state index contributed by atoms with van der Waals surface area (Å²) in [6, 6.07) is 6.17. The quantitative estimate of drug-likeness (QED) is 0.862. The van der Waals surface area contributed by atoms with Gasteiger partial charge in [-0.2, -0.15) is 0 Å². The Morgan fingerprint density at radius 2 is 1.80 bits per heavy atom. The van der Waals surface area contributed by atoms with E-state index in [0.717, 1.165) is 5.56 Å². The van der Waals surface area contributed by atoms with Crippen molar-refractivity contribution in [2.24, 2.45) is 5.41 Å². The minimum atomic E-state index is -1.04. The maximum atomic E-state index is 11.9. The standard InChI is InChI=1S/C15H21NO4/c1-15(2,3)14(19)16-12(13(17)18)9-10-5-7-11(20-4)8-6-10/h5-8,12H,9H2,1-4H3,(H,16,19)(H,17,18)/t12-/m1/s1. The summed E-state index contributed by atoms with van der Waals surface area (Å²) in [5, 5.41) is 11.8. The molecule has 5 heteroatoms. The Morgan fingerprint density at radius 1 is 1.25 bits per heavy atom. The lowest BCUT2D eigenvalue weighted by molar-refractivity contribution is -0.143. The van der Waals surface area contributed by atoms with Crippen molar-refractivity contribution in [3.8, 4) is 5.75 Å². The Bertz CT molecular complexity index is 474. The van der Waals surface area contributed by atoms with Gasteiger partial charge in [0.1, 0.15) is 11.8 Å². The van der Waals surface area contributed by atoms with Gasteiger partial charge >= 0.3 is 5.97 Å². The molecule has 0 radical (unpaired) electrons. The van der Waals surface area contributed by atoms with Crippen molar-refractivity contribution >= 4 is 11.9 Å². The number of carboxylic acids is 1. The Balaban J connectivity index is 2.77. The van der Waals surface area contributed by atoms with Crippen LogP contribution in [0.25, 0.3) is 0 Å². The number of nitrogens with one attached hydrogen (secondary N) is 1. The third-order valence-electron chi connectivity index (χ3n) is 2.88. The van der Waals surface area contributed by atoms with E-state index in [1.807, 2.05) is 0 Å². The Morgan fingerprint density at radius 3 is 2.20 bits per heavy atom. The van der Waals surface area contributed by atoms with Crippen molar-refractivity contribution in [2.45, 2.75) is 33.2 Å². The van der Waals surface area contributed by atoms with Crippen molar-refractivity contribution < 1.29 is 19.4 Å². The van der Waals surface area contributed by atoms with E-state index in [0.29, 0.717) is 5.75 Å². The summed E-state index contributed by atoms with van der Waals surface area (Å²) in [4.78, 5) is 23.1. The van der Waals surface area contributed by atoms with Gasteiger partial charge in [-0.05, 0) is 17.7 Å². The fourth-order valence-corrected chi connectivity index (χ4v) is 1.57. The highest BCUT2D eigenvalue weighted by molar-refractivity contribution is 5.86. The first kappa shape index (κ1) is 16.0. The molecule has 0 saturated heterocycles. The highest BCUT2D eigenvalue weighted by Gasteiger charge is 2.27. The monoisotopic (exact) mass is 279 g/mol. The van der Waals surface area contributed by atoms with Crippen LogP contribution in [0.2, 0.25) is 0 Å². The van der Waals surface area contributed by atoms with E-state index in [-0.39, 0.29) is 12.3 Å². The second-order valence-corrected chi connectivity index (χ2v) is 5.67. The van der Waals surface area contributed by atoms with Gasteiger partial charge in [-0.3, -0.25) is 4.79 Å². The summed E-state index contributed by atoms with van der Waals surface area (Å²) in [5.74, 6) is -0.615. The maximum Gasteiger partial charge on any atom is 0.326 e. The van der Waals surface area contributed by atoms with Crippen LogP contribution in [0.1, 0.15) is 26.3 Å². The summed E-state index contributed by atoms with van der Waals surface area (Å²) in [6.45, 7) is 5.23. The predicted octanol–water partition coefficient (Wildman–Crippen LogP) is 1.85. The number of hydrogen-bond donors (Lipinski definition) is 2. The van der Waals surface area contributed by atoms with Crippen molar-refractivity contribution in [1.82, 2.24) is 5.32 Å². The van der Waals surface area contributed by atoms with Crippen LogP contribution in [0.4, 0.5) is 0 Å². The van der Waals surface area contributed by atoms with Crippen LogP contribution < -0.4 is 10.1 Å². The van der Waals surface area contributed by atoms with Crippen LogP contribution in [0, 0.1) is 5.41 Å². The molecular formula is C15H21NO4. The normalized spacial score (nSPS) is 12.6. The highest BCUT2D eigenvalue weighted by atomic mass is 16.5. The van der Waals surface area contributed by atoms with Crippen molar-refractivity contribution in [3.63, 3.8) is 0 Å². The van der Waals surface area contributed by atoms with Gasteiger partial charge in [-0.25, -0.2) is 4.79 Å². The molecule has 20 heavy (non-hydrogen) atoms. The number of ether oxygens (including phenoxy) is 1. The van der Waals surface area contributed by atoms with Gasteiger partial charge in [0.05, 0.1) is 7.11 Å². The Labute approximate surface area is 118 Å². The Hall–Kier alpha value is -2.04. The molecule has 2 N–H and O–H groups in total. The number of methoxy groups -OCH3 is 1. The third kappa shape index (κ3) is 4.57. The zero-order valence-electron chi connectivity index (χ0n) is 12.3. The predicted molar refractivity (Wildman–Crippen MR) is 75.7 cm³/mol. The number of aliphatic carboxylic acids is 1. The fraction of sp³-hybridized carbons (Fsp3) is 0.467. The zero-order chi connectivity index (χ0) is 15.3. The number of amides is 1. The number of rotatable bonds is 5. The van der Waals surface area contributed by atoms with Crippen LogP contribution in [-0.2, 0) is 16.0 Å². The van der Waals surface area contributed by atoms with Gasteiger partial charge in [0, 0.05) is 11.8 Å². The summed E-state index contributed by atoms with van der Waals surface area (Å²) >= 11 is 0. The zero-order valence-corrected chi connectivity index (χ0v) is 12.3. The second kappa shape index (κ2) is 6.41. The molecule has 1 rings (SSSR count). The summed E-state index contributed by atoms with van der Waals surface area (Å²) in [5.41, 5.74) is 0.209. The first-order chi connectivity index (χ1) is 9.24. The maximum absolute atomic E-state index is 11.9. The molecule has 0 aromatic heterocycles. The molecule has 5 nitrogen and oxygen atoms in total. The van der Waals surface area contributed by atoms with E-state index in [9.17, 15) is 14.7 Å². The number of carbonyl (C=O) groups excluding carboxylic acids is 1. The summed E-state index contributed by atoms with van der Waals surface area (Å²) in [6.07, 6.45) is 0.237.